The van der Waals surface area contributed by atoms with Gasteiger partial charge in [0.2, 0.25) is 0 Å². The molecule has 1 aliphatic rings. The van der Waals surface area contributed by atoms with Gasteiger partial charge < -0.3 is 5.32 Å². The minimum atomic E-state index is 0.705. The van der Waals surface area contributed by atoms with Gasteiger partial charge in [-0.05, 0) is 37.2 Å². The maximum absolute atomic E-state index is 4.55. The van der Waals surface area contributed by atoms with Gasteiger partial charge in [-0.15, -0.1) is 0 Å². The lowest BCUT2D eigenvalue weighted by molar-refractivity contribution is 0.145. The minimum Gasteiger partial charge on any atom is -0.314 e. The molecule has 19 heavy (non-hydrogen) atoms. The molecule has 0 aliphatic carbocycles. The van der Waals surface area contributed by atoms with Gasteiger partial charge in [-0.1, -0.05) is 19.1 Å². The first-order chi connectivity index (χ1) is 9.26. The van der Waals surface area contributed by atoms with Crippen LogP contribution in [-0.2, 0) is 6.54 Å². The Bertz CT molecular complexity index is 575. The lowest BCUT2D eigenvalue weighted by atomic mass is 10.1. The zero-order valence-electron chi connectivity index (χ0n) is 11.7. The third kappa shape index (κ3) is 2.62. The molecule has 1 saturated heterocycles. The first-order valence-electron chi connectivity index (χ1n) is 7.07. The number of nitrogens with one attached hydrogen (secondary N) is 1. The molecule has 3 heteroatoms. The van der Waals surface area contributed by atoms with Crippen molar-refractivity contribution in [3.05, 3.63) is 41.6 Å². The highest BCUT2D eigenvalue weighted by molar-refractivity contribution is 5.79. The standard InChI is InChI=1S/C16H21N3/c1-3-19(15-9-17-10-15)11-13-5-7-16-14(8-13)6-4-12(2)18-16/h4-8,15,17H,3,9-11H2,1-2H3. The number of benzene rings is 1. The number of hydrogen-bond acceptors (Lipinski definition) is 3. The molecule has 0 radical (unpaired) electrons. The molecule has 1 aromatic heterocycles. The summed E-state index contributed by atoms with van der Waals surface area (Å²) in [6, 6.07) is 11.6. The quantitative estimate of drug-likeness (QED) is 0.909. The molecule has 0 bridgehead atoms. The Morgan fingerprint density at radius 2 is 2.11 bits per heavy atom. The number of fused-ring (bicyclic) bond motifs is 1. The van der Waals surface area contributed by atoms with Crippen LogP contribution in [0.4, 0.5) is 0 Å². The van der Waals surface area contributed by atoms with Gasteiger partial charge in [0.15, 0.2) is 0 Å². The molecule has 0 spiro atoms. The van der Waals surface area contributed by atoms with E-state index in [1.165, 1.54) is 10.9 Å². The van der Waals surface area contributed by atoms with E-state index in [0.717, 1.165) is 37.4 Å². The number of pyridine rings is 1. The van der Waals surface area contributed by atoms with Crippen LogP contribution in [0.1, 0.15) is 18.2 Å². The molecule has 0 atom stereocenters. The van der Waals surface area contributed by atoms with Gasteiger partial charge >= 0.3 is 0 Å². The summed E-state index contributed by atoms with van der Waals surface area (Å²) in [5.74, 6) is 0. The van der Waals surface area contributed by atoms with Crippen molar-refractivity contribution in [2.45, 2.75) is 26.4 Å². The highest BCUT2D eigenvalue weighted by Crippen LogP contribution is 2.17. The molecule has 2 aromatic rings. The average Bonchev–Trinajstić information content (AvgIpc) is 2.36. The van der Waals surface area contributed by atoms with Crippen molar-refractivity contribution >= 4 is 10.9 Å². The third-order valence-corrected chi connectivity index (χ3v) is 3.96. The highest BCUT2D eigenvalue weighted by atomic mass is 15.2. The van der Waals surface area contributed by atoms with Gasteiger partial charge in [-0.2, -0.15) is 0 Å². The SMILES string of the molecule is CCN(Cc1ccc2nc(C)ccc2c1)C1CNC1. The monoisotopic (exact) mass is 255 g/mol. The topological polar surface area (TPSA) is 28.2 Å². The number of aromatic nitrogens is 1. The fraction of sp³-hybridized carbons (Fsp3) is 0.438. The molecule has 1 aromatic carbocycles. The van der Waals surface area contributed by atoms with E-state index < -0.39 is 0 Å². The van der Waals surface area contributed by atoms with Gasteiger partial charge in [0, 0.05) is 36.8 Å². The first kappa shape index (κ1) is 12.6. The van der Waals surface area contributed by atoms with Gasteiger partial charge in [-0.25, -0.2) is 0 Å². The van der Waals surface area contributed by atoms with E-state index in [4.69, 9.17) is 0 Å². The van der Waals surface area contributed by atoms with Gasteiger partial charge in [0.1, 0.15) is 0 Å². The average molecular weight is 255 g/mol. The molecule has 1 fully saturated rings. The summed E-state index contributed by atoms with van der Waals surface area (Å²) in [6.45, 7) is 8.67. The van der Waals surface area contributed by atoms with Gasteiger partial charge in [-0.3, -0.25) is 9.88 Å². The Labute approximate surface area is 114 Å². The second kappa shape index (κ2) is 5.27. The van der Waals surface area contributed by atoms with Crippen molar-refractivity contribution in [3.63, 3.8) is 0 Å². The Hall–Kier alpha value is -1.45. The predicted molar refractivity (Wildman–Crippen MR) is 79.2 cm³/mol. The van der Waals surface area contributed by atoms with Crippen molar-refractivity contribution in [2.75, 3.05) is 19.6 Å². The summed E-state index contributed by atoms with van der Waals surface area (Å²) in [5.41, 5.74) is 3.56. The van der Waals surface area contributed by atoms with E-state index in [-0.39, 0.29) is 0 Å². The molecule has 2 heterocycles. The Morgan fingerprint density at radius 3 is 2.79 bits per heavy atom. The van der Waals surface area contributed by atoms with E-state index in [1.54, 1.807) is 0 Å². The van der Waals surface area contributed by atoms with Crippen LogP contribution in [-0.4, -0.2) is 35.6 Å². The lowest BCUT2D eigenvalue weighted by Gasteiger charge is -2.37. The molecule has 1 N–H and O–H groups in total. The first-order valence-corrected chi connectivity index (χ1v) is 7.07. The van der Waals surface area contributed by atoms with E-state index in [1.807, 2.05) is 6.92 Å². The second-order valence-electron chi connectivity index (χ2n) is 5.35. The van der Waals surface area contributed by atoms with Crippen LogP contribution in [0.2, 0.25) is 0 Å². The molecule has 0 amide bonds. The Kier molecular flexibility index (Phi) is 3.49. The zero-order chi connectivity index (χ0) is 13.2. The fourth-order valence-electron chi connectivity index (χ4n) is 2.64. The van der Waals surface area contributed by atoms with Crippen LogP contribution in [0.3, 0.4) is 0 Å². The summed E-state index contributed by atoms with van der Waals surface area (Å²) in [7, 11) is 0. The minimum absolute atomic E-state index is 0.705. The summed E-state index contributed by atoms with van der Waals surface area (Å²) in [5, 5.41) is 4.59. The largest absolute Gasteiger partial charge is 0.314 e. The van der Waals surface area contributed by atoms with Crippen LogP contribution >= 0.6 is 0 Å². The third-order valence-electron chi connectivity index (χ3n) is 3.96. The van der Waals surface area contributed by atoms with Crippen LogP contribution in [0.15, 0.2) is 30.3 Å². The van der Waals surface area contributed by atoms with Crippen molar-refractivity contribution in [1.29, 1.82) is 0 Å². The van der Waals surface area contributed by atoms with Crippen molar-refractivity contribution in [3.8, 4) is 0 Å². The smallest absolute Gasteiger partial charge is 0.0705 e. The normalized spacial score (nSPS) is 15.9. The molecule has 0 unspecified atom stereocenters. The van der Waals surface area contributed by atoms with Crippen LogP contribution in [0, 0.1) is 6.92 Å². The molecule has 100 valence electrons. The fourth-order valence-corrected chi connectivity index (χ4v) is 2.64. The van der Waals surface area contributed by atoms with Crippen LogP contribution < -0.4 is 5.32 Å². The van der Waals surface area contributed by atoms with Gasteiger partial charge in [0.05, 0.1) is 5.52 Å². The van der Waals surface area contributed by atoms with E-state index >= 15 is 0 Å². The maximum atomic E-state index is 4.55. The van der Waals surface area contributed by atoms with E-state index in [0.29, 0.717) is 6.04 Å². The van der Waals surface area contributed by atoms with E-state index in [2.05, 4.69) is 52.5 Å². The Morgan fingerprint density at radius 1 is 1.26 bits per heavy atom. The summed E-state index contributed by atoms with van der Waals surface area (Å²) in [6.07, 6.45) is 0. The number of likely N-dealkylation sites (N-methyl/N-ethyl adjacent to an activating group) is 1. The lowest BCUT2D eigenvalue weighted by Crippen LogP contribution is -2.56. The number of rotatable bonds is 4. The zero-order valence-corrected chi connectivity index (χ0v) is 11.7. The molecular weight excluding hydrogens is 234 g/mol. The molecule has 3 nitrogen and oxygen atoms in total. The summed E-state index contributed by atoms with van der Waals surface area (Å²) < 4.78 is 0. The van der Waals surface area contributed by atoms with Crippen molar-refractivity contribution < 1.29 is 0 Å². The number of nitrogens with zero attached hydrogens (tertiary/aromatic N) is 2. The Balaban J connectivity index is 1.82. The van der Waals surface area contributed by atoms with Crippen molar-refractivity contribution in [1.82, 2.24) is 15.2 Å². The number of hydrogen-bond donors (Lipinski definition) is 1. The summed E-state index contributed by atoms with van der Waals surface area (Å²) in [4.78, 5) is 7.10. The van der Waals surface area contributed by atoms with E-state index in [9.17, 15) is 0 Å². The summed E-state index contributed by atoms with van der Waals surface area (Å²) >= 11 is 0. The van der Waals surface area contributed by atoms with Gasteiger partial charge in [0.25, 0.3) is 0 Å². The van der Waals surface area contributed by atoms with Crippen molar-refractivity contribution in [2.24, 2.45) is 0 Å². The van der Waals surface area contributed by atoms with Crippen LogP contribution in [0.5, 0.6) is 0 Å². The molecule has 0 saturated carbocycles. The highest BCUT2D eigenvalue weighted by Gasteiger charge is 2.23. The van der Waals surface area contributed by atoms with Crippen LogP contribution in [0.25, 0.3) is 10.9 Å². The number of aryl methyl sites for hydroxylation is 1. The second-order valence-corrected chi connectivity index (χ2v) is 5.35. The molecular formula is C16H21N3. The molecule has 1 aliphatic heterocycles. The maximum Gasteiger partial charge on any atom is 0.0705 e. The molecule has 3 rings (SSSR count). The predicted octanol–water partition coefficient (Wildman–Crippen LogP) is 2.34.